The molecule has 1 aromatic heterocycles. The van der Waals surface area contributed by atoms with E-state index in [0.717, 1.165) is 4.90 Å². The van der Waals surface area contributed by atoms with Crippen molar-refractivity contribution >= 4 is 39.3 Å². The van der Waals surface area contributed by atoms with E-state index in [1.807, 2.05) is 0 Å². The first-order chi connectivity index (χ1) is 30.1. The molecule has 9 rings (SSSR count). The Hall–Kier alpha value is -7.36. The topological polar surface area (TPSA) is 42.3 Å². The molecule has 0 bridgehead atoms. The van der Waals surface area contributed by atoms with Gasteiger partial charge in [-0.3, -0.25) is 9.59 Å². The van der Waals surface area contributed by atoms with Crippen molar-refractivity contribution in [3.63, 3.8) is 0 Å². The second kappa shape index (κ2) is 14.6. The summed E-state index contributed by atoms with van der Waals surface area (Å²) in [5, 5.41) is 0.0620. The van der Waals surface area contributed by atoms with Gasteiger partial charge in [0.05, 0.1) is 55.8 Å². The molecule has 322 valence electrons. The molecule has 1 aliphatic rings. The molecule has 0 N–H and O–H groups in total. The lowest BCUT2D eigenvalue weighted by Crippen LogP contribution is -2.30. The molecule has 1 aliphatic heterocycles. The number of alkyl halides is 12. The minimum absolute atomic E-state index is 0.0310. The Labute approximate surface area is 353 Å². The van der Waals surface area contributed by atoms with Crippen molar-refractivity contribution in [2.45, 2.75) is 24.7 Å². The molecule has 0 aliphatic carbocycles. The fourth-order valence-corrected chi connectivity index (χ4v) is 8.23. The summed E-state index contributed by atoms with van der Waals surface area (Å²) in [6.07, 6.45) is -20.8. The smallest absolute Gasteiger partial charge is 0.308 e. The number of fused-ring (bicyclic) bond motifs is 4. The van der Waals surface area contributed by atoms with E-state index in [0.29, 0.717) is 35.4 Å². The number of hydrogen-bond acceptors (Lipinski definition) is 2. The number of benzene rings is 7. The highest BCUT2D eigenvalue weighted by atomic mass is 19.4. The molecule has 0 saturated heterocycles. The molecule has 0 fully saturated rings. The van der Waals surface area contributed by atoms with Gasteiger partial charge in [0.15, 0.2) is 0 Å². The van der Waals surface area contributed by atoms with Crippen LogP contribution in [0.1, 0.15) is 43.0 Å². The lowest BCUT2D eigenvalue weighted by Gasteiger charge is -2.19. The van der Waals surface area contributed by atoms with Gasteiger partial charge >= 0.3 is 24.7 Å². The fraction of sp³-hybridized carbons (Fsp3) is 0.0833. The van der Waals surface area contributed by atoms with Gasteiger partial charge in [-0.25, -0.2) is 4.90 Å². The number of rotatable bonds is 5. The predicted octanol–water partition coefficient (Wildman–Crippen LogP) is 14.7. The van der Waals surface area contributed by atoms with Crippen molar-refractivity contribution in [2.24, 2.45) is 0 Å². The normalized spacial score (nSPS) is 13.7. The molecule has 4 nitrogen and oxygen atoms in total. The third-order valence-electron chi connectivity index (χ3n) is 11.1. The van der Waals surface area contributed by atoms with Crippen LogP contribution < -0.4 is 4.90 Å². The summed E-state index contributed by atoms with van der Waals surface area (Å²) in [7, 11) is 0. The second-order valence-corrected chi connectivity index (χ2v) is 14.8. The Morgan fingerprint density at radius 3 is 1.33 bits per heavy atom. The number of para-hydroxylation sites is 1. The maximum absolute atomic E-state index is 14.6. The molecule has 2 heterocycles. The van der Waals surface area contributed by atoms with E-state index in [2.05, 4.69) is 0 Å². The van der Waals surface area contributed by atoms with Gasteiger partial charge in [0.25, 0.3) is 11.8 Å². The van der Waals surface area contributed by atoms with Crippen LogP contribution in [0.15, 0.2) is 146 Å². The first-order valence-corrected chi connectivity index (χ1v) is 19.0. The highest BCUT2D eigenvalue weighted by Gasteiger charge is 2.42. The van der Waals surface area contributed by atoms with Crippen LogP contribution >= 0.6 is 0 Å². The summed E-state index contributed by atoms with van der Waals surface area (Å²) in [6, 6.07) is 29.5. The number of hydrogen-bond donors (Lipinski definition) is 0. The van der Waals surface area contributed by atoms with Crippen LogP contribution in [0.25, 0.3) is 60.9 Å². The molecule has 64 heavy (non-hydrogen) atoms. The van der Waals surface area contributed by atoms with Crippen LogP contribution in [0.3, 0.4) is 0 Å². The highest BCUT2D eigenvalue weighted by molar-refractivity contribution is 6.36. The van der Waals surface area contributed by atoms with Gasteiger partial charge in [-0.05, 0) is 94.5 Å². The lowest BCUT2D eigenvalue weighted by atomic mass is 9.94. The highest BCUT2D eigenvalue weighted by Crippen LogP contribution is 2.47. The lowest BCUT2D eigenvalue weighted by molar-refractivity contribution is -0.144. The van der Waals surface area contributed by atoms with Crippen molar-refractivity contribution in [3.05, 3.63) is 179 Å². The number of carbonyl (C=O) groups is 2. The van der Waals surface area contributed by atoms with Crippen LogP contribution in [0.5, 0.6) is 0 Å². The Morgan fingerprint density at radius 2 is 0.828 bits per heavy atom. The van der Waals surface area contributed by atoms with E-state index in [4.69, 9.17) is 0 Å². The Kier molecular flexibility index (Phi) is 9.58. The first-order valence-electron chi connectivity index (χ1n) is 19.0. The van der Waals surface area contributed by atoms with Crippen molar-refractivity contribution in [1.82, 2.24) is 4.57 Å². The van der Waals surface area contributed by atoms with E-state index in [-0.39, 0.29) is 67.6 Å². The third kappa shape index (κ3) is 7.02. The summed E-state index contributed by atoms with van der Waals surface area (Å²) < 4.78 is 170. The molecular weight excluding hydrogens is 865 g/mol. The van der Waals surface area contributed by atoms with Crippen molar-refractivity contribution in [3.8, 4) is 39.1 Å². The Morgan fingerprint density at radius 1 is 0.359 bits per heavy atom. The van der Waals surface area contributed by atoms with E-state index >= 15 is 0 Å². The van der Waals surface area contributed by atoms with E-state index in [1.165, 1.54) is 59.2 Å². The van der Waals surface area contributed by atoms with Gasteiger partial charge in [0, 0.05) is 16.3 Å². The SMILES string of the molecule is O=C1c2cccc(-n3c4ccc(-c5ccc(C(F)(F)F)cc5C(F)(F)F)cc4c4cc(-c5ccc(C(F)(F)F)cc5C(F)(F)F)ccc43)c2C(=O)N1c1ccccc1-c1ccccc1. The average molecular weight is 889 g/mol. The molecule has 16 heteroatoms. The molecule has 0 spiro atoms. The predicted molar refractivity (Wildman–Crippen MR) is 215 cm³/mol. The summed E-state index contributed by atoms with van der Waals surface area (Å²) in [5.41, 5.74) is -6.57. The Balaban J connectivity index is 1.30. The maximum Gasteiger partial charge on any atom is 0.417 e. The van der Waals surface area contributed by atoms with Crippen LogP contribution in [0, 0.1) is 0 Å². The average Bonchev–Trinajstić information content (AvgIpc) is 3.71. The monoisotopic (exact) mass is 888 g/mol. The number of imide groups is 1. The third-order valence-corrected chi connectivity index (χ3v) is 11.1. The summed E-state index contributed by atoms with van der Waals surface area (Å²) >= 11 is 0. The van der Waals surface area contributed by atoms with E-state index < -0.39 is 69.9 Å². The van der Waals surface area contributed by atoms with Gasteiger partial charge < -0.3 is 4.57 Å². The first kappa shape index (κ1) is 42.0. The molecule has 0 unspecified atom stereocenters. The molecular formula is C48H24F12N2O2. The molecule has 7 aromatic carbocycles. The number of nitrogens with zero attached hydrogens (tertiary/aromatic N) is 2. The van der Waals surface area contributed by atoms with E-state index in [9.17, 15) is 62.3 Å². The standard InChI is InChI=1S/C48H24F12N2O2/c49-45(50,51)28-15-17-30(36(23-28)47(55,56)57)26-13-19-39-34(21-26)35-22-27(31-18-16-29(46(52,53)54)24-37(31)48(58,59)60)14-20-40(35)61(39)41-12-6-10-33-42(41)44(64)62(43(33)63)38-11-5-4-9-32(38)25-7-2-1-3-8-25/h1-24H. The van der Waals surface area contributed by atoms with Gasteiger partial charge in [0.1, 0.15) is 0 Å². The molecule has 0 atom stereocenters. The summed E-state index contributed by atoms with van der Waals surface area (Å²) in [4.78, 5) is 29.8. The van der Waals surface area contributed by atoms with E-state index in [1.54, 1.807) is 54.6 Å². The molecule has 0 radical (unpaired) electrons. The zero-order valence-corrected chi connectivity index (χ0v) is 32.1. The number of carbonyl (C=O) groups excluding carboxylic acids is 2. The van der Waals surface area contributed by atoms with Gasteiger partial charge in [-0.15, -0.1) is 0 Å². The largest absolute Gasteiger partial charge is 0.417 e. The molecule has 0 saturated carbocycles. The molecule has 2 amide bonds. The maximum atomic E-state index is 14.6. The van der Waals surface area contributed by atoms with Crippen molar-refractivity contribution in [2.75, 3.05) is 4.90 Å². The summed E-state index contributed by atoms with van der Waals surface area (Å²) in [5.74, 6) is -1.46. The zero-order chi connectivity index (χ0) is 45.7. The Bertz CT molecular complexity index is 3080. The number of anilines is 1. The van der Waals surface area contributed by atoms with Gasteiger partial charge in [0.2, 0.25) is 0 Å². The molecule has 8 aromatic rings. The van der Waals surface area contributed by atoms with Crippen molar-refractivity contribution < 1.29 is 62.3 Å². The number of aromatic nitrogens is 1. The van der Waals surface area contributed by atoms with Crippen molar-refractivity contribution in [1.29, 1.82) is 0 Å². The quantitative estimate of drug-likeness (QED) is 0.128. The van der Waals surface area contributed by atoms with Gasteiger partial charge in [-0.2, -0.15) is 52.7 Å². The zero-order valence-electron chi connectivity index (χ0n) is 32.1. The number of amides is 2. The minimum Gasteiger partial charge on any atom is -0.308 e. The number of halogens is 12. The van der Waals surface area contributed by atoms with Crippen LogP contribution in [-0.4, -0.2) is 16.4 Å². The summed E-state index contributed by atoms with van der Waals surface area (Å²) in [6.45, 7) is 0. The van der Waals surface area contributed by atoms with Gasteiger partial charge in [-0.1, -0.05) is 78.9 Å². The van der Waals surface area contributed by atoms with Crippen LogP contribution in [0.2, 0.25) is 0 Å². The second-order valence-electron chi connectivity index (χ2n) is 14.8. The van der Waals surface area contributed by atoms with Crippen LogP contribution in [0.4, 0.5) is 58.4 Å². The fourth-order valence-electron chi connectivity index (χ4n) is 8.23. The minimum atomic E-state index is -5.29. The van der Waals surface area contributed by atoms with Crippen LogP contribution in [-0.2, 0) is 24.7 Å².